The van der Waals surface area contributed by atoms with Gasteiger partial charge in [-0.15, -0.1) is 0 Å². The zero-order valence-corrected chi connectivity index (χ0v) is 15.9. The lowest BCUT2D eigenvalue weighted by atomic mass is 10.2. The quantitative estimate of drug-likeness (QED) is 0.506. The summed E-state index contributed by atoms with van der Waals surface area (Å²) in [6.45, 7) is 12.4. The van der Waals surface area contributed by atoms with E-state index in [1.54, 1.807) is 0 Å². The highest BCUT2D eigenvalue weighted by atomic mass is 16.5. The van der Waals surface area contributed by atoms with Crippen LogP contribution in [0.4, 0.5) is 5.69 Å². The molecule has 2 aliphatic heterocycles. The molecule has 0 radical (unpaired) electrons. The van der Waals surface area contributed by atoms with Gasteiger partial charge in [0.1, 0.15) is 0 Å². The molecule has 5 heteroatoms. The zero-order chi connectivity index (χ0) is 17.6. The maximum absolute atomic E-state index is 5.81. The van der Waals surface area contributed by atoms with Gasteiger partial charge >= 0.3 is 0 Å². The number of aliphatic imine (C=N–C) groups is 1. The maximum atomic E-state index is 5.81. The second kappa shape index (κ2) is 8.68. The lowest BCUT2D eigenvalue weighted by Crippen LogP contribution is -2.45. The number of hydrogen-bond acceptors (Lipinski definition) is 3. The lowest BCUT2D eigenvalue weighted by molar-refractivity contribution is -0.0679. The first kappa shape index (κ1) is 18.2. The third kappa shape index (κ3) is 4.73. The number of anilines is 1. The minimum Gasteiger partial charge on any atom is -0.373 e. The van der Waals surface area contributed by atoms with Crippen molar-refractivity contribution in [1.82, 2.24) is 10.2 Å². The Labute approximate surface area is 152 Å². The first-order valence-corrected chi connectivity index (χ1v) is 9.69. The van der Waals surface area contributed by atoms with E-state index in [0.29, 0.717) is 12.2 Å². The van der Waals surface area contributed by atoms with Gasteiger partial charge in [0, 0.05) is 45.0 Å². The molecule has 138 valence electrons. The van der Waals surface area contributed by atoms with Crippen molar-refractivity contribution in [2.24, 2.45) is 4.99 Å². The van der Waals surface area contributed by atoms with Crippen LogP contribution in [0.3, 0.4) is 0 Å². The third-order valence-corrected chi connectivity index (χ3v) is 4.87. The van der Waals surface area contributed by atoms with Crippen molar-refractivity contribution >= 4 is 11.6 Å². The van der Waals surface area contributed by atoms with E-state index in [1.807, 2.05) is 0 Å². The van der Waals surface area contributed by atoms with Crippen molar-refractivity contribution in [3.05, 3.63) is 29.8 Å². The lowest BCUT2D eigenvalue weighted by Gasteiger charge is -2.35. The number of fused-ring (bicyclic) bond motifs is 1. The molecule has 2 atom stereocenters. The fourth-order valence-corrected chi connectivity index (χ4v) is 3.90. The number of ether oxygens (including phenoxy) is 1. The van der Waals surface area contributed by atoms with Gasteiger partial charge in [-0.25, -0.2) is 0 Å². The van der Waals surface area contributed by atoms with Gasteiger partial charge in [-0.2, -0.15) is 0 Å². The second-order valence-corrected chi connectivity index (χ2v) is 7.14. The topological polar surface area (TPSA) is 40.1 Å². The average Bonchev–Trinajstić information content (AvgIpc) is 3.01. The van der Waals surface area contributed by atoms with Gasteiger partial charge < -0.3 is 15.0 Å². The van der Waals surface area contributed by atoms with E-state index in [4.69, 9.17) is 9.73 Å². The average molecular weight is 345 g/mol. The van der Waals surface area contributed by atoms with E-state index < -0.39 is 0 Å². The van der Waals surface area contributed by atoms with Crippen LogP contribution >= 0.6 is 0 Å². The molecule has 1 aromatic carbocycles. The van der Waals surface area contributed by atoms with E-state index in [9.17, 15) is 0 Å². The Hall–Kier alpha value is -1.59. The van der Waals surface area contributed by atoms with Crippen molar-refractivity contribution in [3.63, 3.8) is 0 Å². The second-order valence-electron chi connectivity index (χ2n) is 7.14. The van der Waals surface area contributed by atoms with Gasteiger partial charge in [0.2, 0.25) is 0 Å². The number of rotatable bonds is 5. The SMILES string of the molecule is CCNC(=NCCCN1CC(C)OC(C)C1)N1CCc2ccccc21. The number of guanidine groups is 1. The van der Waals surface area contributed by atoms with Gasteiger partial charge in [-0.1, -0.05) is 18.2 Å². The van der Waals surface area contributed by atoms with Crippen molar-refractivity contribution in [2.75, 3.05) is 44.2 Å². The van der Waals surface area contributed by atoms with E-state index in [2.05, 4.69) is 60.2 Å². The van der Waals surface area contributed by atoms with E-state index >= 15 is 0 Å². The molecule has 2 unspecified atom stereocenters. The maximum Gasteiger partial charge on any atom is 0.198 e. The molecule has 2 aliphatic rings. The summed E-state index contributed by atoms with van der Waals surface area (Å²) in [4.78, 5) is 9.73. The number of morpholine rings is 1. The van der Waals surface area contributed by atoms with Crippen molar-refractivity contribution < 1.29 is 4.74 Å². The molecule has 5 nitrogen and oxygen atoms in total. The van der Waals surface area contributed by atoms with Crippen LogP contribution in [0.2, 0.25) is 0 Å². The normalized spacial score (nSPS) is 24.4. The molecule has 3 rings (SSSR count). The van der Waals surface area contributed by atoms with E-state index in [1.165, 1.54) is 11.3 Å². The van der Waals surface area contributed by atoms with Crippen LogP contribution < -0.4 is 10.2 Å². The zero-order valence-electron chi connectivity index (χ0n) is 15.9. The summed E-state index contributed by atoms with van der Waals surface area (Å²) >= 11 is 0. The number of benzene rings is 1. The molecule has 0 aliphatic carbocycles. The Bertz CT molecular complexity index is 579. The summed E-state index contributed by atoms with van der Waals surface area (Å²) in [6, 6.07) is 8.66. The minimum atomic E-state index is 0.339. The highest BCUT2D eigenvalue weighted by Crippen LogP contribution is 2.27. The summed E-state index contributed by atoms with van der Waals surface area (Å²) in [5.41, 5.74) is 2.72. The minimum absolute atomic E-state index is 0.339. The number of nitrogens with one attached hydrogen (secondary N) is 1. The van der Waals surface area contributed by atoms with E-state index in [-0.39, 0.29) is 0 Å². The summed E-state index contributed by atoms with van der Waals surface area (Å²) < 4.78 is 5.81. The van der Waals surface area contributed by atoms with Crippen LogP contribution in [-0.4, -0.2) is 62.3 Å². The molecule has 25 heavy (non-hydrogen) atoms. The first-order chi connectivity index (χ1) is 12.2. The van der Waals surface area contributed by atoms with Crippen molar-refractivity contribution in [1.29, 1.82) is 0 Å². The summed E-state index contributed by atoms with van der Waals surface area (Å²) in [7, 11) is 0. The van der Waals surface area contributed by atoms with Crippen molar-refractivity contribution in [3.8, 4) is 0 Å². The molecule has 0 spiro atoms. The molecule has 1 fully saturated rings. The highest BCUT2D eigenvalue weighted by Gasteiger charge is 2.23. The monoisotopic (exact) mass is 344 g/mol. The van der Waals surface area contributed by atoms with E-state index in [0.717, 1.165) is 58.1 Å². The van der Waals surface area contributed by atoms with Gasteiger partial charge in [0.15, 0.2) is 5.96 Å². The van der Waals surface area contributed by atoms with Crippen molar-refractivity contribution in [2.45, 2.75) is 45.8 Å². The number of nitrogens with zero attached hydrogens (tertiary/aromatic N) is 3. The molecule has 0 aromatic heterocycles. The largest absolute Gasteiger partial charge is 0.373 e. The van der Waals surface area contributed by atoms with Gasteiger partial charge in [-0.05, 0) is 45.2 Å². The van der Waals surface area contributed by atoms with Crippen LogP contribution in [0, 0.1) is 0 Å². The molecule has 0 saturated carbocycles. The molecule has 2 heterocycles. The molecule has 1 N–H and O–H groups in total. The van der Waals surface area contributed by atoms with Crippen LogP contribution in [-0.2, 0) is 11.2 Å². The molecule has 0 bridgehead atoms. The van der Waals surface area contributed by atoms with Gasteiger partial charge in [-0.3, -0.25) is 9.89 Å². The predicted molar refractivity (Wildman–Crippen MR) is 105 cm³/mol. The fourth-order valence-electron chi connectivity index (χ4n) is 3.90. The van der Waals surface area contributed by atoms with Crippen LogP contribution in [0.15, 0.2) is 29.3 Å². The van der Waals surface area contributed by atoms with Crippen LogP contribution in [0.5, 0.6) is 0 Å². The highest BCUT2D eigenvalue weighted by molar-refractivity contribution is 5.97. The van der Waals surface area contributed by atoms with Crippen LogP contribution in [0.25, 0.3) is 0 Å². The first-order valence-electron chi connectivity index (χ1n) is 9.69. The fraction of sp³-hybridized carbons (Fsp3) is 0.650. The number of para-hydroxylation sites is 1. The Kier molecular flexibility index (Phi) is 6.32. The Morgan fingerprint density at radius 1 is 1.24 bits per heavy atom. The molecule has 0 amide bonds. The predicted octanol–water partition coefficient (Wildman–Crippen LogP) is 2.51. The molecular weight excluding hydrogens is 312 g/mol. The molecular formula is C20H32N4O. The Morgan fingerprint density at radius 2 is 2.00 bits per heavy atom. The smallest absolute Gasteiger partial charge is 0.198 e. The number of hydrogen-bond donors (Lipinski definition) is 1. The standard InChI is InChI=1S/C20H32N4O/c1-4-21-20(24-13-10-18-8-5-6-9-19(18)24)22-11-7-12-23-14-16(2)25-17(3)15-23/h5-6,8-9,16-17H,4,7,10-15H2,1-3H3,(H,21,22). The Balaban J connectivity index is 1.55. The third-order valence-electron chi connectivity index (χ3n) is 4.87. The summed E-state index contributed by atoms with van der Waals surface area (Å²) in [5.74, 6) is 1.02. The molecule has 1 aromatic rings. The van der Waals surface area contributed by atoms with Crippen LogP contribution in [0.1, 0.15) is 32.8 Å². The summed E-state index contributed by atoms with van der Waals surface area (Å²) in [6.07, 6.45) is 2.87. The summed E-state index contributed by atoms with van der Waals surface area (Å²) in [5, 5.41) is 3.46. The molecule has 1 saturated heterocycles. The van der Waals surface area contributed by atoms with Gasteiger partial charge in [0.05, 0.1) is 12.2 Å². The van der Waals surface area contributed by atoms with Gasteiger partial charge in [0.25, 0.3) is 0 Å². The Morgan fingerprint density at radius 3 is 2.76 bits per heavy atom.